The molecule has 142 valence electrons. The van der Waals surface area contributed by atoms with Crippen molar-refractivity contribution in [1.29, 1.82) is 0 Å². The van der Waals surface area contributed by atoms with Gasteiger partial charge in [-0.25, -0.2) is 0 Å². The predicted octanol–water partition coefficient (Wildman–Crippen LogP) is 7.32. The molecule has 0 fully saturated rings. The Labute approximate surface area is 169 Å². The van der Waals surface area contributed by atoms with Crippen LogP contribution >= 0.6 is 0 Å². The quantitative estimate of drug-likeness (QED) is 0.294. The molecular formula is C24H20N4O. The summed E-state index contributed by atoms with van der Waals surface area (Å²) < 4.78 is 0. The lowest BCUT2D eigenvalue weighted by Crippen LogP contribution is -1.98. The molecular weight excluding hydrogens is 360 g/mol. The van der Waals surface area contributed by atoms with Crippen LogP contribution in [0.2, 0.25) is 0 Å². The molecule has 0 unspecified atom stereocenters. The van der Waals surface area contributed by atoms with Gasteiger partial charge in [0.2, 0.25) is 0 Å². The van der Waals surface area contributed by atoms with Crippen molar-refractivity contribution in [2.45, 2.75) is 0 Å². The Morgan fingerprint density at radius 3 is 1.24 bits per heavy atom. The Kier molecular flexibility index (Phi) is 5.48. The van der Waals surface area contributed by atoms with Crippen molar-refractivity contribution >= 4 is 39.8 Å². The third-order valence-electron chi connectivity index (χ3n) is 4.37. The van der Waals surface area contributed by atoms with E-state index in [1.165, 1.54) is 0 Å². The lowest BCUT2D eigenvalue weighted by molar-refractivity contribution is 1.42. The summed E-state index contributed by atoms with van der Waals surface area (Å²) in [6.45, 7) is 0. The van der Waals surface area contributed by atoms with Crippen molar-refractivity contribution < 1.29 is 0 Å². The lowest BCUT2D eigenvalue weighted by atomic mass is 10.1. The fourth-order valence-electron chi connectivity index (χ4n) is 3.04. The van der Waals surface area contributed by atoms with E-state index in [0.717, 1.165) is 22.7 Å². The fraction of sp³-hybridized carbons (Fsp3) is 0. The number of anilines is 6. The summed E-state index contributed by atoms with van der Waals surface area (Å²) in [7, 11) is 0. The number of nitrogens with zero attached hydrogens (tertiary/aromatic N) is 1. The molecule has 4 aromatic rings. The molecule has 0 atom stereocenters. The zero-order valence-electron chi connectivity index (χ0n) is 15.7. The Morgan fingerprint density at radius 1 is 0.483 bits per heavy atom. The molecule has 0 saturated heterocycles. The maximum absolute atomic E-state index is 11.7. The van der Waals surface area contributed by atoms with Crippen molar-refractivity contribution in [3.63, 3.8) is 0 Å². The van der Waals surface area contributed by atoms with E-state index in [2.05, 4.69) is 21.1 Å². The third-order valence-corrected chi connectivity index (χ3v) is 4.37. The summed E-state index contributed by atoms with van der Waals surface area (Å²) in [6.07, 6.45) is 0. The van der Waals surface area contributed by atoms with Gasteiger partial charge in [-0.3, -0.25) is 0 Å². The second-order valence-electron chi connectivity index (χ2n) is 6.48. The van der Waals surface area contributed by atoms with Gasteiger partial charge in [-0.05, 0) is 53.7 Å². The van der Waals surface area contributed by atoms with Crippen molar-refractivity contribution in [2.75, 3.05) is 16.0 Å². The molecule has 4 rings (SSSR count). The van der Waals surface area contributed by atoms with Crippen LogP contribution < -0.4 is 16.0 Å². The molecule has 3 N–H and O–H groups in total. The largest absolute Gasteiger partial charge is 0.355 e. The Morgan fingerprint density at radius 2 is 0.862 bits per heavy atom. The van der Waals surface area contributed by atoms with Gasteiger partial charge in [0.25, 0.3) is 0 Å². The molecule has 5 heteroatoms. The number of para-hydroxylation sites is 3. The lowest BCUT2D eigenvalue weighted by Gasteiger charge is -2.17. The zero-order valence-corrected chi connectivity index (χ0v) is 15.7. The summed E-state index contributed by atoms with van der Waals surface area (Å²) in [5.74, 6) is 0. The molecule has 0 aromatic heterocycles. The van der Waals surface area contributed by atoms with Crippen molar-refractivity contribution in [1.82, 2.24) is 0 Å². The van der Waals surface area contributed by atoms with E-state index in [0.29, 0.717) is 17.1 Å². The molecule has 5 nitrogen and oxygen atoms in total. The molecule has 0 heterocycles. The Hall–Kier alpha value is -4.12. The number of nitroso groups, excluding NO2 is 1. The van der Waals surface area contributed by atoms with Crippen molar-refractivity contribution in [2.24, 2.45) is 5.18 Å². The van der Waals surface area contributed by atoms with E-state index in [4.69, 9.17) is 0 Å². The number of nitrogens with one attached hydrogen (secondary N) is 3. The smallest absolute Gasteiger partial charge is 0.154 e. The van der Waals surface area contributed by atoms with Gasteiger partial charge in [0.05, 0.1) is 11.4 Å². The number of hydrogen-bond acceptors (Lipinski definition) is 5. The minimum atomic E-state index is 0.316. The summed E-state index contributed by atoms with van der Waals surface area (Å²) in [4.78, 5) is 11.7. The van der Waals surface area contributed by atoms with Gasteiger partial charge in [-0.2, -0.15) is 0 Å². The molecule has 0 radical (unpaired) electrons. The van der Waals surface area contributed by atoms with Gasteiger partial charge in [0, 0.05) is 22.7 Å². The van der Waals surface area contributed by atoms with E-state index in [1.807, 2.05) is 103 Å². The Bertz CT molecular complexity index is 1020. The highest BCUT2D eigenvalue weighted by Crippen LogP contribution is 2.40. The molecule has 0 aliphatic rings. The van der Waals surface area contributed by atoms with Crippen LogP contribution in [0.15, 0.2) is 108 Å². The minimum Gasteiger partial charge on any atom is -0.355 e. The molecule has 0 spiro atoms. The monoisotopic (exact) mass is 380 g/mol. The summed E-state index contributed by atoms with van der Waals surface area (Å²) >= 11 is 0. The van der Waals surface area contributed by atoms with E-state index in [-0.39, 0.29) is 0 Å². The average molecular weight is 380 g/mol. The Balaban J connectivity index is 1.75. The van der Waals surface area contributed by atoms with Gasteiger partial charge in [-0.15, -0.1) is 4.91 Å². The molecule has 0 amide bonds. The van der Waals surface area contributed by atoms with Crippen LogP contribution in [0.1, 0.15) is 0 Å². The molecule has 0 aliphatic heterocycles. The van der Waals surface area contributed by atoms with E-state index in [1.54, 1.807) is 0 Å². The fourth-order valence-corrected chi connectivity index (χ4v) is 3.04. The first-order valence-electron chi connectivity index (χ1n) is 9.29. The van der Waals surface area contributed by atoms with Crippen LogP contribution in [0.5, 0.6) is 0 Å². The van der Waals surface area contributed by atoms with E-state index in [9.17, 15) is 4.91 Å². The summed E-state index contributed by atoms with van der Waals surface area (Å²) in [5.41, 5.74) is 5.09. The van der Waals surface area contributed by atoms with Crippen LogP contribution in [-0.2, 0) is 0 Å². The van der Waals surface area contributed by atoms with Gasteiger partial charge in [0.15, 0.2) is 5.69 Å². The van der Waals surface area contributed by atoms with Gasteiger partial charge >= 0.3 is 0 Å². The molecule has 0 aliphatic carbocycles. The normalized spacial score (nSPS) is 10.2. The summed E-state index contributed by atoms with van der Waals surface area (Å²) in [5, 5.41) is 13.3. The molecule has 4 aromatic carbocycles. The first kappa shape index (κ1) is 18.3. The minimum absolute atomic E-state index is 0.316. The van der Waals surface area contributed by atoms with E-state index < -0.39 is 0 Å². The molecule has 0 bridgehead atoms. The molecule has 0 saturated carbocycles. The first-order chi connectivity index (χ1) is 14.3. The average Bonchev–Trinajstić information content (AvgIpc) is 2.76. The number of hydrogen-bond donors (Lipinski definition) is 3. The highest BCUT2D eigenvalue weighted by atomic mass is 16.3. The highest BCUT2D eigenvalue weighted by Gasteiger charge is 2.13. The third kappa shape index (κ3) is 4.59. The van der Waals surface area contributed by atoms with E-state index >= 15 is 0 Å². The van der Waals surface area contributed by atoms with Crippen LogP contribution in [0.3, 0.4) is 0 Å². The van der Waals surface area contributed by atoms with Gasteiger partial charge in [-0.1, -0.05) is 54.6 Å². The van der Waals surface area contributed by atoms with Gasteiger partial charge in [0.1, 0.15) is 0 Å². The van der Waals surface area contributed by atoms with Gasteiger partial charge < -0.3 is 16.0 Å². The second kappa shape index (κ2) is 8.71. The van der Waals surface area contributed by atoms with Crippen molar-refractivity contribution in [3.05, 3.63) is 108 Å². The predicted molar refractivity (Wildman–Crippen MR) is 121 cm³/mol. The zero-order chi connectivity index (χ0) is 19.9. The molecule has 29 heavy (non-hydrogen) atoms. The second-order valence-corrected chi connectivity index (χ2v) is 6.48. The maximum Gasteiger partial charge on any atom is 0.154 e. The van der Waals surface area contributed by atoms with Crippen LogP contribution in [0.25, 0.3) is 0 Å². The number of rotatable bonds is 7. The maximum atomic E-state index is 11.7. The van der Waals surface area contributed by atoms with Crippen molar-refractivity contribution in [3.8, 4) is 0 Å². The highest BCUT2D eigenvalue weighted by molar-refractivity contribution is 5.89. The SMILES string of the molecule is O=Nc1c(Nc2ccccc2)cc(Nc2ccccc2)cc1Nc1ccccc1. The summed E-state index contributed by atoms with van der Waals surface area (Å²) in [6, 6.07) is 33.0. The van der Waals surface area contributed by atoms with Crippen LogP contribution in [-0.4, -0.2) is 0 Å². The first-order valence-corrected chi connectivity index (χ1v) is 9.29. The topological polar surface area (TPSA) is 65.5 Å². The number of benzene rings is 4. The van der Waals surface area contributed by atoms with Crippen LogP contribution in [0.4, 0.5) is 39.8 Å². The van der Waals surface area contributed by atoms with Crippen LogP contribution in [0, 0.1) is 4.91 Å². The standard InChI is InChI=1S/C24H20N4O/c29-28-24-22(26-19-12-6-2-7-13-19)16-21(25-18-10-4-1-5-11-18)17-23(24)27-20-14-8-3-9-15-20/h1-17,25-27H.